The zero-order chi connectivity index (χ0) is 17.8. The number of carbonyl (C=O) groups is 1. The van der Waals surface area contributed by atoms with Crippen molar-refractivity contribution in [3.05, 3.63) is 77.2 Å². The molecule has 0 unspecified atom stereocenters. The Morgan fingerprint density at radius 3 is 2.44 bits per heavy atom. The molecule has 5 nitrogen and oxygen atoms in total. The summed E-state index contributed by atoms with van der Waals surface area (Å²) in [6, 6.07) is 17.1. The molecule has 3 rings (SSSR count). The van der Waals surface area contributed by atoms with Gasteiger partial charge < -0.3 is 10.6 Å². The molecule has 1 amide bonds. The van der Waals surface area contributed by atoms with E-state index in [9.17, 15) is 4.79 Å². The third-order valence-corrected chi connectivity index (χ3v) is 3.76. The fourth-order valence-corrected chi connectivity index (χ4v) is 2.47. The molecule has 2 aromatic carbocycles. The molecule has 0 radical (unpaired) electrons. The van der Waals surface area contributed by atoms with Gasteiger partial charge in [0.05, 0.1) is 0 Å². The molecule has 0 saturated carbocycles. The average Bonchev–Trinajstić information content (AvgIpc) is 2.58. The van der Waals surface area contributed by atoms with Crippen molar-refractivity contribution in [3.8, 4) is 0 Å². The van der Waals surface area contributed by atoms with E-state index in [0.29, 0.717) is 17.3 Å². The number of aryl methyl sites for hydroxylation is 3. The molecule has 0 bridgehead atoms. The topological polar surface area (TPSA) is 66.9 Å². The van der Waals surface area contributed by atoms with E-state index in [4.69, 9.17) is 0 Å². The summed E-state index contributed by atoms with van der Waals surface area (Å²) in [5.74, 6) is 0.869. The van der Waals surface area contributed by atoms with Crippen LogP contribution in [0.15, 0.2) is 54.6 Å². The zero-order valence-corrected chi connectivity index (χ0v) is 14.5. The van der Waals surface area contributed by atoms with Crippen molar-refractivity contribution in [1.29, 1.82) is 0 Å². The second-order valence-corrected chi connectivity index (χ2v) is 5.95. The molecule has 126 valence electrons. The minimum Gasteiger partial charge on any atom is -0.340 e. The fourth-order valence-electron chi connectivity index (χ4n) is 2.47. The van der Waals surface area contributed by atoms with Crippen LogP contribution in [0.4, 0.5) is 17.2 Å². The van der Waals surface area contributed by atoms with E-state index in [1.165, 1.54) is 0 Å². The Labute approximate surface area is 147 Å². The lowest BCUT2D eigenvalue weighted by Gasteiger charge is -2.12. The molecule has 0 saturated heterocycles. The Balaban J connectivity index is 1.85. The first-order valence-electron chi connectivity index (χ1n) is 8.07. The molecule has 0 aliphatic rings. The number of carbonyl (C=O) groups excluding carboxylic acids is 1. The molecule has 0 spiro atoms. The molecular weight excluding hydrogens is 312 g/mol. The SMILES string of the molecule is Cc1ccc(C)c(Nc2cc(C(=O)Nc3ccccc3)nc(C)n2)c1. The summed E-state index contributed by atoms with van der Waals surface area (Å²) in [7, 11) is 0. The van der Waals surface area contributed by atoms with E-state index in [2.05, 4.69) is 38.8 Å². The maximum atomic E-state index is 12.5. The first kappa shape index (κ1) is 16.6. The largest absolute Gasteiger partial charge is 0.340 e. The highest BCUT2D eigenvalue weighted by molar-refractivity contribution is 6.03. The number of nitrogens with one attached hydrogen (secondary N) is 2. The summed E-state index contributed by atoms with van der Waals surface area (Å²) in [4.78, 5) is 21.1. The number of amides is 1. The maximum absolute atomic E-state index is 12.5. The summed E-state index contributed by atoms with van der Waals surface area (Å²) >= 11 is 0. The summed E-state index contributed by atoms with van der Waals surface area (Å²) in [6.07, 6.45) is 0. The van der Waals surface area contributed by atoms with Crippen molar-refractivity contribution < 1.29 is 4.79 Å². The number of nitrogens with zero attached hydrogens (tertiary/aromatic N) is 2. The van der Waals surface area contributed by atoms with Crippen LogP contribution in [0.25, 0.3) is 0 Å². The van der Waals surface area contributed by atoms with Gasteiger partial charge >= 0.3 is 0 Å². The lowest BCUT2D eigenvalue weighted by Crippen LogP contribution is -2.15. The molecule has 5 heteroatoms. The molecule has 1 heterocycles. The number of aromatic nitrogens is 2. The van der Waals surface area contributed by atoms with Crippen LogP contribution < -0.4 is 10.6 Å². The van der Waals surface area contributed by atoms with E-state index >= 15 is 0 Å². The summed E-state index contributed by atoms with van der Waals surface area (Å²) < 4.78 is 0. The normalized spacial score (nSPS) is 10.4. The summed E-state index contributed by atoms with van der Waals surface area (Å²) in [5, 5.41) is 6.12. The smallest absolute Gasteiger partial charge is 0.274 e. The number of rotatable bonds is 4. The molecule has 0 atom stereocenters. The minimum atomic E-state index is -0.263. The van der Waals surface area contributed by atoms with Crippen LogP contribution in [-0.4, -0.2) is 15.9 Å². The second kappa shape index (κ2) is 7.13. The predicted molar refractivity (Wildman–Crippen MR) is 100 cm³/mol. The van der Waals surface area contributed by atoms with Crippen LogP contribution in [0.2, 0.25) is 0 Å². The van der Waals surface area contributed by atoms with Gasteiger partial charge in [-0.3, -0.25) is 4.79 Å². The van der Waals surface area contributed by atoms with Crippen molar-refractivity contribution in [3.63, 3.8) is 0 Å². The van der Waals surface area contributed by atoms with Gasteiger partial charge in [-0.05, 0) is 50.1 Å². The Morgan fingerprint density at radius 2 is 1.68 bits per heavy atom. The molecule has 0 aliphatic carbocycles. The van der Waals surface area contributed by atoms with E-state index in [0.717, 1.165) is 22.5 Å². The molecule has 1 aromatic heterocycles. The third kappa shape index (κ3) is 4.20. The molecule has 0 aliphatic heterocycles. The van der Waals surface area contributed by atoms with Gasteiger partial charge in [0.25, 0.3) is 5.91 Å². The van der Waals surface area contributed by atoms with Gasteiger partial charge in [-0.1, -0.05) is 30.3 Å². The lowest BCUT2D eigenvalue weighted by molar-refractivity contribution is 0.102. The molecule has 2 N–H and O–H groups in total. The van der Waals surface area contributed by atoms with E-state index in [1.54, 1.807) is 13.0 Å². The van der Waals surface area contributed by atoms with Crippen molar-refractivity contribution in [2.24, 2.45) is 0 Å². The highest BCUT2D eigenvalue weighted by Gasteiger charge is 2.11. The Bertz CT molecular complexity index is 907. The van der Waals surface area contributed by atoms with Gasteiger partial charge in [0.2, 0.25) is 0 Å². The van der Waals surface area contributed by atoms with Crippen LogP contribution in [0.3, 0.4) is 0 Å². The molecule has 3 aromatic rings. The predicted octanol–water partition coefficient (Wildman–Crippen LogP) is 4.40. The molecule has 25 heavy (non-hydrogen) atoms. The Kier molecular flexibility index (Phi) is 4.75. The number of para-hydroxylation sites is 1. The Hall–Kier alpha value is -3.21. The van der Waals surface area contributed by atoms with Crippen molar-refractivity contribution in [2.45, 2.75) is 20.8 Å². The first-order chi connectivity index (χ1) is 12.0. The number of hydrogen-bond donors (Lipinski definition) is 2. The van der Waals surface area contributed by atoms with Crippen molar-refractivity contribution in [2.75, 3.05) is 10.6 Å². The zero-order valence-electron chi connectivity index (χ0n) is 14.5. The van der Waals surface area contributed by atoms with Crippen LogP contribution in [0, 0.1) is 20.8 Å². The monoisotopic (exact) mass is 332 g/mol. The van der Waals surface area contributed by atoms with Crippen LogP contribution in [0.1, 0.15) is 27.4 Å². The van der Waals surface area contributed by atoms with Gasteiger partial charge in [0.1, 0.15) is 17.3 Å². The van der Waals surface area contributed by atoms with Gasteiger partial charge in [0, 0.05) is 17.4 Å². The van der Waals surface area contributed by atoms with Gasteiger partial charge in [0.15, 0.2) is 0 Å². The van der Waals surface area contributed by atoms with Crippen molar-refractivity contribution in [1.82, 2.24) is 9.97 Å². The van der Waals surface area contributed by atoms with Crippen LogP contribution in [0.5, 0.6) is 0 Å². The second-order valence-electron chi connectivity index (χ2n) is 5.95. The third-order valence-electron chi connectivity index (χ3n) is 3.76. The Morgan fingerprint density at radius 1 is 0.920 bits per heavy atom. The number of anilines is 3. The quantitative estimate of drug-likeness (QED) is 0.743. The van der Waals surface area contributed by atoms with E-state index < -0.39 is 0 Å². The highest BCUT2D eigenvalue weighted by Crippen LogP contribution is 2.21. The first-order valence-corrected chi connectivity index (χ1v) is 8.07. The molecular formula is C20H20N4O. The number of benzene rings is 2. The standard InChI is InChI=1S/C20H20N4O/c1-13-9-10-14(2)17(11-13)24-19-12-18(21-15(3)22-19)20(25)23-16-7-5-4-6-8-16/h4-12H,1-3H3,(H,23,25)(H,21,22,24). The summed E-state index contributed by atoms with van der Waals surface area (Å²) in [5.41, 5.74) is 4.28. The summed E-state index contributed by atoms with van der Waals surface area (Å²) in [6.45, 7) is 5.83. The number of hydrogen-bond acceptors (Lipinski definition) is 4. The van der Waals surface area contributed by atoms with Crippen molar-refractivity contribution >= 4 is 23.1 Å². The lowest BCUT2D eigenvalue weighted by atomic mass is 10.1. The van der Waals surface area contributed by atoms with Crippen LogP contribution in [-0.2, 0) is 0 Å². The van der Waals surface area contributed by atoms with Gasteiger partial charge in [-0.25, -0.2) is 9.97 Å². The van der Waals surface area contributed by atoms with E-state index in [1.807, 2.05) is 44.2 Å². The molecule has 0 fully saturated rings. The van der Waals surface area contributed by atoms with E-state index in [-0.39, 0.29) is 5.91 Å². The minimum absolute atomic E-state index is 0.263. The maximum Gasteiger partial charge on any atom is 0.274 e. The fraction of sp³-hybridized carbons (Fsp3) is 0.150. The van der Waals surface area contributed by atoms with Gasteiger partial charge in [-0.2, -0.15) is 0 Å². The van der Waals surface area contributed by atoms with Gasteiger partial charge in [-0.15, -0.1) is 0 Å². The van der Waals surface area contributed by atoms with Crippen LogP contribution >= 0.6 is 0 Å². The average molecular weight is 332 g/mol. The highest BCUT2D eigenvalue weighted by atomic mass is 16.1.